The maximum atomic E-state index is 13.3. The zero-order chi connectivity index (χ0) is 13.8. The third-order valence-electron chi connectivity index (χ3n) is 2.65. The van der Waals surface area contributed by atoms with Gasteiger partial charge in [0.1, 0.15) is 11.3 Å². The summed E-state index contributed by atoms with van der Waals surface area (Å²) in [4.78, 5) is 13.4. The number of carbonyl (C=O) groups excluding carboxylic acids is 1. The van der Waals surface area contributed by atoms with Crippen LogP contribution >= 0.6 is 27.3 Å². The second-order valence-corrected chi connectivity index (χ2v) is 5.49. The fraction of sp³-hybridized carbons (Fsp3) is 0.250. The van der Waals surface area contributed by atoms with E-state index in [1.54, 1.807) is 24.7 Å². The van der Waals surface area contributed by atoms with Crippen molar-refractivity contribution in [1.29, 1.82) is 0 Å². The third kappa shape index (κ3) is 3.36. The fourth-order valence-corrected chi connectivity index (χ4v) is 2.58. The van der Waals surface area contributed by atoms with E-state index in [0.29, 0.717) is 16.0 Å². The van der Waals surface area contributed by atoms with E-state index in [2.05, 4.69) is 26.1 Å². The van der Waals surface area contributed by atoms with Crippen molar-refractivity contribution in [3.8, 4) is 0 Å². The normalized spacial score (nSPS) is 10.5. The Hall–Kier alpha value is -1.34. The molecule has 0 saturated carbocycles. The van der Waals surface area contributed by atoms with Crippen molar-refractivity contribution in [3.05, 3.63) is 39.6 Å². The van der Waals surface area contributed by atoms with Gasteiger partial charge in [0.2, 0.25) is 11.0 Å². The number of hydrogen-bond acceptors (Lipinski definition) is 4. The molecule has 0 atom stereocenters. The Bertz CT molecular complexity index is 576. The number of aromatic nitrogens is 2. The molecule has 100 valence electrons. The van der Waals surface area contributed by atoms with E-state index < -0.39 is 0 Å². The van der Waals surface area contributed by atoms with Gasteiger partial charge in [-0.3, -0.25) is 9.69 Å². The molecule has 2 aromatic rings. The lowest BCUT2D eigenvalue weighted by Gasteiger charge is -2.13. The van der Waals surface area contributed by atoms with E-state index in [9.17, 15) is 9.18 Å². The molecule has 0 aliphatic rings. The molecular weight excluding hydrogens is 333 g/mol. The maximum absolute atomic E-state index is 13.3. The minimum Gasteiger partial charge on any atom is -0.290 e. The van der Waals surface area contributed by atoms with Crippen molar-refractivity contribution in [2.24, 2.45) is 0 Å². The average molecular weight is 344 g/mol. The number of hydrogen-bond donors (Lipinski definition) is 0. The lowest BCUT2D eigenvalue weighted by atomic mass is 10.1. The number of aryl methyl sites for hydroxylation is 1. The summed E-state index contributed by atoms with van der Waals surface area (Å²) in [5.74, 6) is -0.393. The number of benzene rings is 1. The Kier molecular flexibility index (Phi) is 4.60. The van der Waals surface area contributed by atoms with E-state index >= 15 is 0 Å². The van der Waals surface area contributed by atoms with Crippen molar-refractivity contribution in [1.82, 2.24) is 10.2 Å². The number of halogens is 2. The average Bonchev–Trinajstić information content (AvgIpc) is 2.93. The van der Waals surface area contributed by atoms with Gasteiger partial charge in [-0.15, -0.1) is 10.2 Å². The maximum Gasteiger partial charge on any atom is 0.228 e. The second-order valence-electron chi connectivity index (χ2n) is 3.89. The van der Waals surface area contributed by atoms with E-state index in [1.807, 2.05) is 0 Å². The Morgan fingerprint density at radius 2 is 2.32 bits per heavy atom. The zero-order valence-electron chi connectivity index (χ0n) is 10.1. The van der Waals surface area contributed by atoms with Crippen LogP contribution in [-0.4, -0.2) is 23.2 Å². The SMILES string of the molecule is CN(C(=O)CCc1cccc(F)c1Br)c1nncs1. The molecule has 0 saturated heterocycles. The smallest absolute Gasteiger partial charge is 0.228 e. The Labute approximate surface area is 122 Å². The van der Waals surface area contributed by atoms with Gasteiger partial charge in [-0.2, -0.15) is 0 Å². The molecule has 0 spiro atoms. The van der Waals surface area contributed by atoms with E-state index in [1.165, 1.54) is 22.3 Å². The van der Waals surface area contributed by atoms with Crippen molar-refractivity contribution >= 4 is 38.3 Å². The van der Waals surface area contributed by atoms with Crippen LogP contribution < -0.4 is 4.90 Å². The minimum atomic E-state index is -0.317. The first-order chi connectivity index (χ1) is 9.09. The fourth-order valence-electron chi connectivity index (χ4n) is 1.57. The lowest BCUT2D eigenvalue weighted by Crippen LogP contribution is -2.26. The van der Waals surface area contributed by atoms with Crippen molar-refractivity contribution in [3.63, 3.8) is 0 Å². The van der Waals surface area contributed by atoms with Gasteiger partial charge < -0.3 is 0 Å². The molecule has 0 N–H and O–H groups in total. The summed E-state index contributed by atoms with van der Waals surface area (Å²) in [5, 5.41) is 8.07. The highest BCUT2D eigenvalue weighted by Gasteiger charge is 2.14. The summed E-state index contributed by atoms with van der Waals surface area (Å²) in [6.45, 7) is 0. The summed E-state index contributed by atoms with van der Waals surface area (Å²) in [7, 11) is 1.66. The number of amides is 1. The molecule has 2 rings (SSSR count). The van der Waals surface area contributed by atoms with Crippen LogP contribution in [-0.2, 0) is 11.2 Å². The van der Waals surface area contributed by atoms with Gasteiger partial charge in [0.15, 0.2) is 0 Å². The van der Waals surface area contributed by atoms with E-state index in [4.69, 9.17) is 0 Å². The van der Waals surface area contributed by atoms with Crippen molar-refractivity contribution in [2.45, 2.75) is 12.8 Å². The van der Waals surface area contributed by atoms with Gasteiger partial charge in [0, 0.05) is 13.5 Å². The largest absolute Gasteiger partial charge is 0.290 e. The molecule has 0 aliphatic heterocycles. The van der Waals surface area contributed by atoms with Gasteiger partial charge >= 0.3 is 0 Å². The number of rotatable bonds is 4. The van der Waals surface area contributed by atoms with E-state index in [-0.39, 0.29) is 18.1 Å². The lowest BCUT2D eigenvalue weighted by molar-refractivity contribution is -0.118. The molecule has 0 aliphatic carbocycles. The molecule has 1 aromatic carbocycles. The second kappa shape index (κ2) is 6.21. The van der Waals surface area contributed by atoms with Crippen LogP contribution in [0.5, 0.6) is 0 Å². The minimum absolute atomic E-state index is 0.0760. The van der Waals surface area contributed by atoms with Gasteiger partial charge in [-0.25, -0.2) is 4.39 Å². The molecule has 4 nitrogen and oxygen atoms in total. The first kappa shape index (κ1) is 14.1. The molecule has 0 unspecified atom stereocenters. The zero-order valence-corrected chi connectivity index (χ0v) is 12.5. The molecule has 7 heteroatoms. The first-order valence-electron chi connectivity index (χ1n) is 5.55. The van der Waals surface area contributed by atoms with Crippen LogP contribution in [0.15, 0.2) is 28.2 Å². The standard InChI is InChI=1S/C12H11BrFN3OS/c1-17(12-16-15-7-19-12)10(18)6-5-8-3-2-4-9(14)11(8)13/h2-4,7H,5-6H2,1H3. The van der Waals surface area contributed by atoms with Crippen LogP contribution in [0.4, 0.5) is 9.52 Å². The van der Waals surface area contributed by atoms with Crippen LogP contribution in [0.25, 0.3) is 0 Å². The predicted molar refractivity (Wildman–Crippen MR) is 75.7 cm³/mol. The van der Waals surface area contributed by atoms with Gasteiger partial charge in [-0.1, -0.05) is 23.5 Å². The molecule has 0 fully saturated rings. The van der Waals surface area contributed by atoms with Crippen LogP contribution in [0.2, 0.25) is 0 Å². The summed E-state index contributed by atoms with van der Waals surface area (Å²) < 4.78 is 13.7. The summed E-state index contributed by atoms with van der Waals surface area (Å²) >= 11 is 4.49. The topological polar surface area (TPSA) is 46.1 Å². The number of carbonyl (C=O) groups is 1. The molecule has 19 heavy (non-hydrogen) atoms. The molecule has 1 aromatic heterocycles. The van der Waals surface area contributed by atoms with Crippen LogP contribution in [0, 0.1) is 5.82 Å². The highest BCUT2D eigenvalue weighted by Crippen LogP contribution is 2.22. The molecule has 0 radical (unpaired) electrons. The molecule has 1 amide bonds. The first-order valence-corrected chi connectivity index (χ1v) is 7.22. The molecule has 1 heterocycles. The van der Waals surface area contributed by atoms with Crippen molar-refractivity contribution < 1.29 is 9.18 Å². The summed E-state index contributed by atoms with van der Waals surface area (Å²) in [5.41, 5.74) is 2.35. The van der Waals surface area contributed by atoms with Gasteiger partial charge in [0.05, 0.1) is 4.47 Å². The molecular formula is C12H11BrFN3OS. The summed E-state index contributed by atoms with van der Waals surface area (Å²) in [6.07, 6.45) is 0.762. The Morgan fingerprint density at radius 3 is 3.00 bits per heavy atom. The summed E-state index contributed by atoms with van der Waals surface area (Å²) in [6, 6.07) is 4.81. The third-order valence-corrected chi connectivity index (χ3v) is 4.30. The van der Waals surface area contributed by atoms with Gasteiger partial charge in [-0.05, 0) is 34.0 Å². The number of nitrogens with zero attached hydrogens (tertiary/aromatic N) is 3. The Balaban J connectivity index is 1.99. The molecule has 0 bridgehead atoms. The highest BCUT2D eigenvalue weighted by molar-refractivity contribution is 9.10. The van der Waals surface area contributed by atoms with Crippen LogP contribution in [0.3, 0.4) is 0 Å². The quantitative estimate of drug-likeness (QED) is 0.857. The van der Waals surface area contributed by atoms with Crippen molar-refractivity contribution in [2.75, 3.05) is 11.9 Å². The van der Waals surface area contributed by atoms with E-state index in [0.717, 1.165) is 5.56 Å². The monoisotopic (exact) mass is 343 g/mol. The Morgan fingerprint density at radius 1 is 1.53 bits per heavy atom. The predicted octanol–water partition coefficient (Wildman–Crippen LogP) is 3.04. The number of anilines is 1. The highest BCUT2D eigenvalue weighted by atomic mass is 79.9. The van der Waals surface area contributed by atoms with Crippen LogP contribution in [0.1, 0.15) is 12.0 Å². The van der Waals surface area contributed by atoms with Gasteiger partial charge in [0.25, 0.3) is 0 Å².